The van der Waals surface area contributed by atoms with Gasteiger partial charge in [-0.25, -0.2) is 0 Å². The monoisotopic (exact) mass is 250 g/mol. The van der Waals surface area contributed by atoms with E-state index in [2.05, 4.69) is 0 Å². The largest absolute Gasteiger partial charge is 0.395 e. The number of hydrogen-bond donors (Lipinski definition) is 1. The van der Waals surface area contributed by atoms with Gasteiger partial charge in [-0.1, -0.05) is 12.1 Å². The fourth-order valence-electron chi connectivity index (χ4n) is 2.45. The molecule has 0 saturated heterocycles. The van der Waals surface area contributed by atoms with Crippen molar-refractivity contribution >= 4 is 11.4 Å². The first-order valence-corrected chi connectivity index (χ1v) is 6.26. The normalized spacial score (nSPS) is 15.2. The summed E-state index contributed by atoms with van der Waals surface area (Å²) in [5, 5.41) is 20.3. The zero-order chi connectivity index (χ0) is 13.1. The molecule has 0 unspecified atom stereocenters. The Hall–Kier alpha value is -1.62. The molecular weight excluding hydrogens is 232 g/mol. The highest BCUT2D eigenvalue weighted by Gasteiger charge is 2.30. The Labute approximate surface area is 106 Å². The van der Waals surface area contributed by atoms with Crippen molar-refractivity contribution in [2.75, 3.05) is 18.1 Å². The zero-order valence-corrected chi connectivity index (χ0v) is 10.5. The molecule has 1 aromatic rings. The van der Waals surface area contributed by atoms with Gasteiger partial charge in [-0.2, -0.15) is 0 Å². The van der Waals surface area contributed by atoms with Gasteiger partial charge in [0.25, 0.3) is 5.69 Å². The van der Waals surface area contributed by atoms with Crippen molar-refractivity contribution in [3.63, 3.8) is 0 Å². The Kier molecular flexibility index (Phi) is 3.81. The maximum atomic E-state index is 11.1. The fourth-order valence-corrected chi connectivity index (χ4v) is 2.45. The molecule has 98 valence electrons. The molecule has 1 aromatic carbocycles. The minimum absolute atomic E-state index is 0.0159. The topological polar surface area (TPSA) is 66.6 Å². The number of benzene rings is 1. The first kappa shape index (κ1) is 12.8. The highest BCUT2D eigenvalue weighted by atomic mass is 16.6. The lowest BCUT2D eigenvalue weighted by molar-refractivity contribution is -0.384. The molecule has 0 radical (unpaired) electrons. The molecule has 0 heterocycles. The molecule has 2 rings (SSSR count). The van der Waals surface area contributed by atoms with E-state index >= 15 is 0 Å². The molecule has 0 aliphatic heterocycles. The van der Waals surface area contributed by atoms with E-state index in [1.54, 1.807) is 6.07 Å². The molecule has 1 aliphatic rings. The summed E-state index contributed by atoms with van der Waals surface area (Å²) in [6.45, 7) is 2.35. The number of hydrogen-bond acceptors (Lipinski definition) is 4. The summed E-state index contributed by atoms with van der Waals surface area (Å²) in [6.07, 6.45) is 3.25. The molecule has 0 amide bonds. The van der Waals surface area contributed by atoms with Crippen molar-refractivity contribution in [1.82, 2.24) is 0 Å². The lowest BCUT2D eigenvalue weighted by Crippen LogP contribution is -2.42. The van der Waals surface area contributed by atoms with Crippen molar-refractivity contribution < 1.29 is 10.0 Å². The molecule has 18 heavy (non-hydrogen) atoms. The molecule has 0 spiro atoms. The lowest BCUT2D eigenvalue weighted by Gasteiger charge is -2.39. The van der Waals surface area contributed by atoms with Crippen molar-refractivity contribution in [2.24, 2.45) is 0 Å². The number of nitrogens with zero attached hydrogens (tertiary/aromatic N) is 2. The van der Waals surface area contributed by atoms with Crippen LogP contribution in [0.4, 0.5) is 11.4 Å². The Morgan fingerprint density at radius 1 is 1.50 bits per heavy atom. The van der Waals surface area contributed by atoms with E-state index in [0.717, 1.165) is 24.8 Å². The molecule has 5 nitrogen and oxygen atoms in total. The van der Waals surface area contributed by atoms with E-state index in [-0.39, 0.29) is 17.2 Å². The number of nitro groups is 1. The summed E-state index contributed by atoms with van der Waals surface area (Å²) in [5.41, 5.74) is 1.70. The van der Waals surface area contributed by atoms with E-state index in [1.807, 2.05) is 17.9 Å². The van der Waals surface area contributed by atoms with E-state index in [4.69, 9.17) is 0 Å². The van der Waals surface area contributed by atoms with Crippen LogP contribution in [0.5, 0.6) is 0 Å². The van der Waals surface area contributed by atoms with Crippen molar-refractivity contribution in [3.8, 4) is 0 Å². The number of aliphatic hydroxyl groups is 1. The van der Waals surface area contributed by atoms with Crippen LogP contribution in [0.2, 0.25) is 0 Å². The predicted molar refractivity (Wildman–Crippen MR) is 69.9 cm³/mol. The number of aliphatic hydroxyl groups excluding tert-OH is 1. The number of aryl methyl sites for hydroxylation is 1. The third-order valence-corrected chi connectivity index (χ3v) is 3.56. The highest BCUT2D eigenvalue weighted by Crippen LogP contribution is 2.37. The molecular formula is C13H18N2O3. The van der Waals surface area contributed by atoms with Gasteiger partial charge in [0.05, 0.1) is 11.5 Å². The number of anilines is 1. The van der Waals surface area contributed by atoms with Gasteiger partial charge in [-0.05, 0) is 31.7 Å². The number of nitro benzene ring substituents is 1. The van der Waals surface area contributed by atoms with Gasteiger partial charge in [-0.15, -0.1) is 0 Å². The van der Waals surface area contributed by atoms with Gasteiger partial charge in [0.1, 0.15) is 5.69 Å². The molecule has 1 fully saturated rings. The Balaban J connectivity index is 2.41. The van der Waals surface area contributed by atoms with Gasteiger partial charge in [-0.3, -0.25) is 10.1 Å². The van der Waals surface area contributed by atoms with Crippen LogP contribution in [0.3, 0.4) is 0 Å². The molecule has 0 atom stereocenters. The molecule has 0 aromatic heterocycles. The van der Waals surface area contributed by atoms with Crippen LogP contribution >= 0.6 is 0 Å². The molecule has 5 heteroatoms. The Morgan fingerprint density at radius 2 is 2.22 bits per heavy atom. The van der Waals surface area contributed by atoms with Crippen LogP contribution in [0.25, 0.3) is 0 Å². The van der Waals surface area contributed by atoms with Crippen molar-refractivity contribution in [1.29, 1.82) is 0 Å². The molecule has 1 aliphatic carbocycles. The van der Waals surface area contributed by atoms with Gasteiger partial charge >= 0.3 is 0 Å². The Bertz CT molecular complexity index is 444. The van der Waals surface area contributed by atoms with E-state index < -0.39 is 0 Å². The first-order valence-electron chi connectivity index (χ1n) is 6.26. The standard InChI is InChI=1S/C13H18N2O3/c1-10-4-2-7-12(15(17)18)13(10)14(8-9-16)11-5-3-6-11/h2,4,7,11,16H,3,5-6,8-9H2,1H3. The summed E-state index contributed by atoms with van der Waals surface area (Å²) >= 11 is 0. The smallest absolute Gasteiger partial charge is 0.292 e. The lowest BCUT2D eigenvalue weighted by atomic mass is 9.90. The first-order chi connectivity index (χ1) is 8.65. The number of rotatable bonds is 5. The SMILES string of the molecule is Cc1cccc([N+](=O)[O-])c1N(CCO)C1CCC1. The second kappa shape index (κ2) is 5.35. The summed E-state index contributed by atoms with van der Waals surface area (Å²) in [5.74, 6) is 0. The predicted octanol–water partition coefficient (Wildman–Crippen LogP) is 2.25. The second-order valence-electron chi connectivity index (χ2n) is 4.70. The van der Waals surface area contributed by atoms with E-state index in [0.29, 0.717) is 18.3 Å². The molecule has 1 N–H and O–H groups in total. The summed E-state index contributed by atoms with van der Waals surface area (Å²) in [4.78, 5) is 12.8. The quantitative estimate of drug-likeness (QED) is 0.643. The average Bonchev–Trinajstić information content (AvgIpc) is 2.25. The van der Waals surface area contributed by atoms with Gasteiger partial charge in [0, 0.05) is 18.7 Å². The van der Waals surface area contributed by atoms with Crippen molar-refractivity contribution in [3.05, 3.63) is 33.9 Å². The Morgan fingerprint density at radius 3 is 2.72 bits per heavy atom. The second-order valence-corrected chi connectivity index (χ2v) is 4.70. The minimum atomic E-state index is -0.342. The van der Waals surface area contributed by atoms with Crippen LogP contribution in [0.1, 0.15) is 24.8 Å². The van der Waals surface area contributed by atoms with Crippen LogP contribution < -0.4 is 4.90 Å². The summed E-state index contributed by atoms with van der Waals surface area (Å²) < 4.78 is 0. The summed E-state index contributed by atoms with van der Waals surface area (Å²) in [7, 11) is 0. The van der Waals surface area contributed by atoms with E-state index in [1.165, 1.54) is 6.07 Å². The van der Waals surface area contributed by atoms with Crippen LogP contribution in [-0.2, 0) is 0 Å². The van der Waals surface area contributed by atoms with Crippen LogP contribution in [0, 0.1) is 17.0 Å². The maximum Gasteiger partial charge on any atom is 0.292 e. The van der Waals surface area contributed by atoms with Crippen LogP contribution in [-0.4, -0.2) is 29.2 Å². The van der Waals surface area contributed by atoms with E-state index in [9.17, 15) is 15.2 Å². The third-order valence-electron chi connectivity index (χ3n) is 3.56. The highest BCUT2D eigenvalue weighted by molar-refractivity contribution is 5.68. The van der Waals surface area contributed by atoms with Gasteiger partial charge in [0.15, 0.2) is 0 Å². The van der Waals surface area contributed by atoms with Crippen molar-refractivity contribution in [2.45, 2.75) is 32.2 Å². The molecule has 1 saturated carbocycles. The molecule has 0 bridgehead atoms. The average molecular weight is 250 g/mol. The zero-order valence-electron chi connectivity index (χ0n) is 10.5. The third kappa shape index (κ3) is 2.31. The summed E-state index contributed by atoms with van der Waals surface area (Å²) in [6, 6.07) is 5.45. The van der Waals surface area contributed by atoms with Crippen LogP contribution in [0.15, 0.2) is 18.2 Å². The minimum Gasteiger partial charge on any atom is -0.395 e. The van der Waals surface area contributed by atoms with Gasteiger partial charge < -0.3 is 10.0 Å². The maximum absolute atomic E-state index is 11.1. The van der Waals surface area contributed by atoms with Gasteiger partial charge in [0.2, 0.25) is 0 Å². The fraction of sp³-hybridized carbons (Fsp3) is 0.538. The number of para-hydroxylation sites is 1.